The lowest BCUT2D eigenvalue weighted by Crippen LogP contribution is -2.40. The molecule has 4 rings (SSSR count). The molecular formula is C24H29BrF3N3O2. The maximum absolute atomic E-state index is 12.4. The number of fused-ring (bicyclic) bond motifs is 3. The number of ether oxygens (including phenoxy) is 1. The number of hydrogen-bond acceptors (Lipinski definition) is 4. The van der Waals surface area contributed by atoms with Crippen LogP contribution < -0.4 is 10.1 Å². The molecule has 0 unspecified atom stereocenters. The minimum atomic E-state index is -4.09. The molecule has 9 heteroatoms. The summed E-state index contributed by atoms with van der Waals surface area (Å²) in [6.45, 7) is 2.78. The molecule has 2 aromatic carbocycles. The third-order valence-corrected chi connectivity index (χ3v) is 6.90. The van der Waals surface area contributed by atoms with E-state index in [4.69, 9.17) is 4.74 Å². The van der Waals surface area contributed by atoms with E-state index in [0.717, 1.165) is 51.4 Å². The van der Waals surface area contributed by atoms with E-state index >= 15 is 0 Å². The third-order valence-electron chi connectivity index (χ3n) is 6.24. The smallest absolute Gasteiger partial charge is 0.390 e. The molecule has 1 aromatic heterocycles. The van der Waals surface area contributed by atoms with Crippen LogP contribution in [0.2, 0.25) is 0 Å². The van der Waals surface area contributed by atoms with Crippen LogP contribution >= 0.6 is 15.9 Å². The van der Waals surface area contributed by atoms with Crippen molar-refractivity contribution < 1.29 is 23.0 Å². The van der Waals surface area contributed by atoms with Crippen LogP contribution in [0.15, 0.2) is 40.9 Å². The first kappa shape index (κ1) is 24.3. The lowest BCUT2D eigenvalue weighted by molar-refractivity contribution is -0.138. The number of aliphatic hydroxyl groups is 1. The van der Waals surface area contributed by atoms with Crippen molar-refractivity contribution in [2.75, 3.05) is 39.3 Å². The monoisotopic (exact) mass is 527 g/mol. The number of likely N-dealkylation sites (tertiary alicyclic amines) is 1. The number of nitrogens with one attached hydrogen (secondary N) is 2. The average molecular weight is 528 g/mol. The first-order valence-electron chi connectivity index (χ1n) is 11.3. The van der Waals surface area contributed by atoms with Crippen LogP contribution in [0, 0.1) is 5.92 Å². The number of H-pyrrole nitrogens is 1. The van der Waals surface area contributed by atoms with Gasteiger partial charge in [-0.25, -0.2) is 0 Å². The van der Waals surface area contributed by atoms with Crippen molar-refractivity contribution in [2.24, 2.45) is 5.92 Å². The number of halogens is 4. The Balaban J connectivity index is 1.22. The predicted molar refractivity (Wildman–Crippen MR) is 128 cm³/mol. The molecule has 2 heterocycles. The fraction of sp³-hybridized carbons (Fsp3) is 0.500. The van der Waals surface area contributed by atoms with Crippen LogP contribution in [0.5, 0.6) is 5.75 Å². The molecule has 0 amide bonds. The molecule has 0 bridgehead atoms. The molecule has 3 N–H and O–H groups in total. The topological polar surface area (TPSA) is 60.5 Å². The van der Waals surface area contributed by atoms with Crippen LogP contribution in [0.3, 0.4) is 0 Å². The quantitative estimate of drug-likeness (QED) is 0.363. The van der Waals surface area contributed by atoms with E-state index in [9.17, 15) is 18.3 Å². The van der Waals surface area contributed by atoms with Gasteiger partial charge in [-0.15, -0.1) is 0 Å². The fourth-order valence-electron chi connectivity index (χ4n) is 4.41. The van der Waals surface area contributed by atoms with E-state index in [1.54, 1.807) is 0 Å². The molecule has 0 saturated carbocycles. The maximum atomic E-state index is 12.4. The third kappa shape index (κ3) is 6.41. The standard InChI is InChI=1S/C24H29BrF3N3O2/c25-19-5-6-21(22-18-3-1-2-4-20(18)30-23(19)22)33-15-17(32)14-29-13-16-7-10-31(11-8-16)12-9-24(26,27)28/h1-6,16-17,29-30,32H,7-15H2/t17-/m0/s1. The molecule has 180 valence electrons. The number of aliphatic hydroxyl groups excluding tert-OH is 1. The van der Waals surface area contributed by atoms with Crippen molar-refractivity contribution in [3.05, 3.63) is 40.9 Å². The van der Waals surface area contributed by atoms with Gasteiger partial charge in [-0.1, -0.05) is 18.2 Å². The number of nitrogens with zero attached hydrogens (tertiary/aromatic N) is 1. The summed E-state index contributed by atoms with van der Waals surface area (Å²) in [5, 5.41) is 15.7. The van der Waals surface area contributed by atoms with Crippen molar-refractivity contribution in [3.63, 3.8) is 0 Å². The highest BCUT2D eigenvalue weighted by Gasteiger charge is 2.29. The Bertz CT molecular complexity index is 1060. The van der Waals surface area contributed by atoms with Gasteiger partial charge in [-0.2, -0.15) is 13.2 Å². The minimum Gasteiger partial charge on any atom is -0.490 e. The summed E-state index contributed by atoms with van der Waals surface area (Å²) >= 11 is 3.58. The summed E-state index contributed by atoms with van der Waals surface area (Å²) < 4.78 is 44.1. The molecule has 1 fully saturated rings. The van der Waals surface area contributed by atoms with Crippen LogP contribution in [-0.2, 0) is 0 Å². The lowest BCUT2D eigenvalue weighted by atomic mass is 9.96. The van der Waals surface area contributed by atoms with Gasteiger partial charge in [0.15, 0.2) is 0 Å². The molecule has 0 radical (unpaired) electrons. The van der Waals surface area contributed by atoms with E-state index in [1.807, 2.05) is 41.3 Å². The summed E-state index contributed by atoms with van der Waals surface area (Å²) in [6.07, 6.45) is -3.76. The van der Waals surface area contributed by atoms with E-state index in [2.05, 4.69) is 26.2 Å². The van der Waals surface area contributed by atoms with Gasteiger partial charge in [0.2, 0.25) is 0 Å². The van der Waals surface area contributed by atoms with Crippen molar-refractivity contribution >= 4 is 37.7 Å². The first-order valence-corrected chi connectivity index (χ1v) is 12.1. The zero-order valence-electron chi connectivity index (χ0n) is 18.3. The maximum Gasteiger partial charge on any atom is 0.390 e. The highest BCUT2D eigenvalue weighted by Crippen LogP contribution is 2.37. The molecule has 1 saturated heterocycles. The van der Waals surface area contributed by atoms with Gasteiger partial charge in [0.05, 0.1) is 17.3 Å². The summed E-state index contributed by atoms with van der Waals surface area (Å²) in [6, 6.07) is 11.9. The number of aromatic amines is 1. The normalized spacial score (nSPS) is 17.1. The minimum absolute atomic E-state index is 0.0828. The molecule has 1 aliphatic rings. The largest absolute Gasteiger partial charge is 0.490 e. The Hall–Kier alpha value is -1.81. The number of alkyl halides is 3. The molecule has 3 aromatic rings. The number of hydrogen-bond donors (Lipinski definition) is 3. The molecule has 5 nitrogen and oxygen atoms in total. The van der Waals surface area contributed by atoms with Gasteiger partial charge >= 0.3 is 6.18 Å². The van der Waals surface area contributed by atoms with Gasteiger partial charge < -0.3 is 25.0 Å². The zero-order chi connectivity index (χ0) is 23.4. The summed E-state index contributed by atoms with van der Waals surface area (Å²) in [5.41, 5.74) is 1.99. The van der Waals surface area contributed by atoms with E-state index in [1.165, 1.54) is 0 Å². The van der Waals surface area contributed by atoms with Gasteiger partial charge in [0, 0.05) is 28.5 Å². The number of rotatable bonds is 9. The molecule has 1 aliphatic heterocycles. The molecule has 0 aliphatic carbocycles. The van der Waals surface area contributed by atoms with E-state index in [0.29, 0.717) is 25.6 Å². The summed E-state index contributed by atoms with van der Waals surface area (Å²) in [7, 11) is 0. The predicted octanol–water partition coefficient (Wildman–Crippen LogP) is 5.08. The Morgan fingerprint density at radius 1 is 1.18 bits per heavy atom. The Labute approximate surface area is 199 Å². The first-order chi connectivity index (χ1) is 15.8. The Kier molecular flexibility index (Phi) is 7.83. The second-order valence-corrected chi connectivity index (χ2v) is 9.59. The Morgan fingerprint density at radius 2 is 1.94 bits per heavy atom. The van der Waals surface area contributed by atoms with Gasteiger partial charge in [-0.3, -0.25) is 0 Å². The SMILES string of the molecule is O[C@@H](CNCC1CCN(CCC(F)(F)F)CC1)COc1ccc(Br)c2[nH]c3ccccc3c12. The van der Waals surface area contributed by atoms with Gasteiger partial charge in [0.25, 0.3) is 0 Å². The summed E-state index contributed by atoms with van der Waals surface area (Å²) in [5.74, 6) is 1.13. The zero-order valence-corrected chi connectivity index (χ0v) is 19.9. The number of piperidine rings is 1. The molecule has 1 atom stereocenters. The molecule has 0 spiro atoms. The fourth-order valence-corrected chi connectivity index (χ4v) is 4.84. The van der Waals surface area contributed by atoms with E-state index < -0.39 is 18.7 Å². The highest BCUT2D eigenvalue weighted by atomic mass is 79.9. The number of benzene rings is 2. The van der Waals surface area contributed by atoms with Gasteiger partial charge in [0.1, 0.15) is 18.5 Å². The van der Waals surface area contributed by atoms with Crippen molar-refractivity contribution in [2.45, 2.75) is 31.5 Å². The lowest BCUT2D eigenvalue weighted by Gasteiger charge is -2.32. The van der Waals surface area contributed by atoms with Gasteiger partial charge in [-0.05, 0) is 72.5 Å². The van der Waals surface area contributed by atoms with Crippen LogP contribution in [0.25, 0.3) is 21.8 Å². The Morgan fingerprint density at radius 3 is 2.70 bits per heavy atom. The van der Waals surface area contributed by atoms with Crippen molar-refractivity contribution in [1.29, 1.82) is 0 Å². The second kappa shape index (κ2) is 10.6. The molecular weight excluding hydrogens is 499 g/mol. The average Bonchev–Trinajstić information content (AvgIpc) is 3.18. The van der Waals surface area contributed by atoms with E-state index in [-0.39, 0.29) is 13.2 Å². The summed E-state index contributed by atoms with van der Waals surface area (Å²) in [4.78, 5) is 5.29. The van der Waals surface area contributed by atoms with Crippen LogP contribution in [0.4, 0.5) is 13.2 Å². The van der Waals surface area contributed by atoms with Crippen LogP contribution in [0.1, 0.15) is 19.3 Å². The van der Waals surface area contributed by atoms with Crippen LogP contribution in [-0.4, -0.2) is 66.6 Å². The number of aromatic nitrogens is 1. The number of para-hydroxylation sites is 1. The molecule has 33 heavy (non-hydrogen) atoms. The highest BCUT2D eigenvalue weighted by molar-refractivity contribution is 9.10. The van der Waals surface area contributed by atoms with Crippen molar-refractivity contribution in [3.8, 4) is 5.75 Å². The second-order valence-electron chi connectivity index (χ2n) is 8.74. The van der Waals surface area contributed by atoms with Crippen molar-refractivity contribution in [1.82, 2.24) is 15.2 Å².